The lowest BCUT2D eigenvalue weighted by Gasteiger charge is -2.32. The van der Waals surface area contributed by atoms with Crippen LogP contribution >= 0.6 is 0 Å². The largest absolute Gasteiger partial charge is 0.428 e. The molecule has 0 bridgehead atoms. The number of rotatable bonds is 5. The van der Waals surface area contributed by atoms with Gasteiger partial charge in [-0.05, 0) is 11.5 Å². The fourth-order valence-electron chi connectivity index (χ4n) is 3.85. The summed E-state index contributed by atoms with van der Waals surface area (Å²) in [6.45, 7) is 2.28. The van der Waals surface area contributed by atoms with Crippen molar-refractivity contribution in [2.75, 3.05) is 6.67 Å². The van der Waals surface area contributed by atoms with Crippen molar-refractivity contribution in [3.05, 3.63) is 42.2 Å². The first-order valence-corrected chi connectivity index (χ1v) is 9.68. The highest BCUT2D eigenvalue weighted by molar-refractivity contribution is 6.13. The third-order valence-corrected chi connectivity index (χ3v) is 5.76. The summed E-state index contributed by atoms with van der Waals surface area (Å²) in [4.78, 5) is 34.6. The number of hydrogen-bond donors (Lipinski definition) is 2. The molecule has 3 heterocycles. The van der Waals surface area contributed by atoms with Crippen LogP contribution in [0.25, 0.3) is 10.8 Å². The number of halogens is 1. The van der Waals surface area contributed by atoms with Crippen molar-refractivity contribution in [3.8, 4) is 0 Å². The topological polar surface area (TPSA) is 110 Å². The van der Waals surface area contributed by atoms with E-state index >= 15 is 0 Å². The van der Waals surface area contributed by atoms with Crippen LogP contribution in [0.2, 0.25) is 0 Å². The first-order valence-electron chi connectivity index (χ1n) is 9.68. The second-order valence-electron chi connectivity index (χ2n) is 7.94. The van der Waals surface area contributed by atoms with Gasteiger partial charge >= 0.3 is 5.97 Å². The Balaban J connectivity index is 1.61. The van der Waals surface area contributed by atoms with Crippen LogP contribution in [0.4, 0.5) is 4.39 Å². The maximum Gasteiger partial charge on any atom is 0.310 e. The minimum atomic E-state index is -2.38. The number of oxime groups is 1. The number of amides is 1. The first kappa shape index (κ1) is 20.2. The molecule has 0 spiro atoms. The van der Waals surface area contributed by atoms with Crippen molar-refractivity contribution >= 4 is 28.4 Å². The summed E-state index contributed by atoms with van der Waals surface area (Å²) in [5.41, 5.74) is 0.00951. The van der Waals surface area contributed by atoms with Crippen molar-refractivity contribution in [2.24, 2.45) is 11.1 Å². The van der Waals surface area contributed by atoms with Crippen molar-refractivity contribution in [1.82, 2.24) is 10.3 Å². The van der Waals surface area contributed by atoms with Crippen LogP contribution in [0.1, 0.15) is 32.3 Å². The number of aliphatic hydroxyl groups is 1. The average molecular weight is 415 g/mol. The van der Waals surface area contributed by atoms with Gasteiger partial charge in [0.15, 0.2) is 6.67 Å². The van der Waals surface area contributed by atoms with Crippen molar-refractivity contribution in [2.45, 2.75) is 44.1 Å². The van der Waals surface area contributed by atoms with E-state index in [1.165, 1.54) is 0 Å². The van der Waals surface area contributed by atoms with Crippen LogP contribution in [0, 0.1) is 5.92 Å². The summed E-state index contributed by atoms with van der Waals surface area (Å²) in [6, 6.07) is 6.39. The Morgan fingerprint density at radius 3 is 2.93 bits per heavy atom. The van der Waals surface area contributed by atoms with Crippen LogP contribution in [-0.4, -0.2) is 51.8 Å². The molecule has 0 radical (unpaired) electrons. The molecule has 0 unspecified atom stereocenters. The molecule has 1 saturated heterocycles. The molecule has 30 heavy (non-hydrogen) atoms. The number of ether oxygens (including phenoxy) is 1. The van der Waals surface area contributed by atoms with E-state index in [0.717, 1.165) is 16.3 Å². The molecule has 2 aromatic rings. The lowest BCUT2D eigenvalue weighted by atomic mass is 9.82. The van der Waals surface area contributed by atoms with Crippen LogP contribution < -0.4 is 5.32 Å². The number of cyclic esters (lactones) is 1. The van der Waals surface area contributed by atoms with Crippen LogP contribution in [0.3, 0.4) is 0 Å². The molecular weight excluding hydrogens is 393 g/mol. The third-order valence-electron chi connectivity index (χ3n) is 5.76. The van der Waals surface area contributed by atoms with Crippen molar-refractivity contribution in [3.63, 3.8) is 0 Å². The van der Waals surface area contributed by atoms with Crippen LogP contribution in [0.15, 0.2) is 41.8 Å². The molecule has 1 aromatic carbocycles. The quantitative estimate of drug-likeness (QED) is 0.721. The number of fused-ring (bicyclic) bond motifs is 1. The van der Waals surface area contributed by atoms with Gasteiger partial charge in [0.2, 0.25) is 5.60 Å². The van der Waals surface area contributed by atoms with Gasteiger partial charge in [-0.3, -0.25) is 14.6 Å². The van der Waals surface area contributed by atoms with Crippen molar-refractivity contribution < 1.29 is 28.7 Å². The Hall–Kier alpha value is -3.07. The number of benzene rings is 1. The van der Waals surface area contributed by atoms with E-state index in [4.69, 9.17) is 4.84 Å². The number of esters is 1. The molecule has 1 aromatic heterocycles. The smallest absolute Gasteiger partial charge is 0.310 e. The lowest BCUT2D eigenvalue weighted by molar-refractivity contribution is -0.202. The number of hydrogen-bond acceptors (Lipinski definition) is 7. The zero-order chi connectivity index (χ0) is 21.5. The van der Waals surface area contributed by atoms with Gasteiger partial charge in [0, 0.05) is 35.7 Å². The summed E-state index contributed by atoms with van der Waals surface area (Å²) in [7, 11) is 0. The number of alkyl halides is 1. The number of nitrogens with zero attached hydrogens (tertiary/aromatic N) is 2. The number of nitrogens with one attached hydrogen (secondary N) is 1. The molecule has 8 nitrogen and oxygen atoms in total. The molecule has 9 heteroatoms. The molecule has 2 aliphatic heterocycles. The summed E-state index contributed by atoms with van der Waals surface area (Å²) in [5.74, 6) is -4.06. The molecule has 0 aliphatic carbocycles. The second kappa shape index (κ2) is 7.32. The standard InChI is InChI=1S/C21H22FN3O5/c1-12(2)20(19(27)24-17-8-18(26)29-21(17,28)11-22)9-16(25-30-20)14-5-3-4-13-6-7-23-10-15(13)14/h3-7,10,12,17,28H,8-9,11H2,1-2H3,(H,24,27)/t17-,20-,21+/m1/s1. The fourth-order valence-corrected chi connectivity index (χ4v) is 3.85. The van der Waals surface area contributed by atoms with Gasteiger partial charge in [-0.25, -0.2) is 4.39 Å². The van der Waals surface area contributed by atoms with Gasteiger partial charge in [-0.1, -0.05) is 37.2 Å². The van der Waals surface area contributed by atoms with Gasteiger partial charge in [0.25, 0.3) is 11.7 Å². The first-order chi connectivity index (χ1) is 14.3. The second-order valence-corrected chi connectivity index (χ2v) is 7.94. The average Bonchev–Trinajstić information content (AvgIpc) is 3.30. The lowest BCUT2D eigenvalue weighted by Crippen LogP contribution is -2.58. The summed E-state index contributed by atoms with van der Waals surface area (Å²) in [6.07, 6.45) is 3.26. The Bertz CT molecular complexity index is 1040. The van der Waals surface area contributed by atoms with Gasteiger partial charge in [-0.2, -0.15) is 0 Å². The molecule has 1 amide bonds. The Labute approximate surface area is 172 Å². The van der Waals surface area contributed by atoms with Crippen LogP contribution in [-0.2, 0) is 19.2 Å². The highest BCUT2D eigenvalue weighted by Crippen LogP contribution is 2.36. The molecule has 1 fully saturated rings. The summed E-state index contributed by atoms with van der Waals surface area (Å²) < 4.78 is 17.9. The van der Waals surface area contributed by atoms with E-state index < -0.39 is 36.0 Å². The predicted molar refractivity (Wildman–Crippen MR) is 105 cm³/mol. The van der Waals surface area contributed by atoms with E-state index in [0.29, 0.717) is 5.71 Å². The van der Waals surface area contributed by atoms with Gasteiger partial charge < -0.3 is 20.0 Å². The summed E-state index contributed by atoms with van der Waals surface area (Å²) in [5, 5.41) is 18.8. The molecule has 2 aliphatic rings. The molecular formula is C21H22FN3O5. The highest BCUT2D eigenvalue weighted by Gasteiger charge is 2.55. The van der Waals surface area contributed by atoms with E-state index in [1.807, 2.05) is 24.3 Å². The van der Waals surface area contributed by atoms with E-state index in [-0.39, 0.29) is 18.8 Å². The monoisotopic (exact) mass is 415 g/mol. The SMILES string of the molecule is CC(C)[C@@]1(C(=O)N[C@@H]2CC(=O)O[C@@]2(O)CF)CC(c2cccc3ccncc23)=NO1. The minimum Gasteiger partial charge on any atom is -0.428 e. The van der Waals surface area contributed by atoms with E-state index in [1.54, 1.807) is 26.2 Å². The molecule has 2 N–H and O–H groups in total. The Morgan fingerprint density at radius 1 is 1.40 bits per heavy atom. The number of carbonyl (C=O) groups is 2. The Kier molecular flexibility index (Phi) is 4.93. The molecule has 4 rings (SSSR count). The predicted octanol–water partition coefficient (Wildman–Crippen LogP) is 1.84. The molecule has 3 atom stereocenters. The zero-order valence-corrected chi connectivity index (χ0v) is 16.6. The van der Waals surface area contributed by atoms with Gasteiger partial charge in [-0.15, -0.1) is 0 Å². The fraction of sp³-hybridized carbons (Fsp3) is 0.429. The van der Waals surface area contributed by atoms with Gasteiger partial charge in [0.1, 0.15) is 6.04 Å². The normalized spacial score (nSPS) is 28.4. The number of aromatic nitrogens is 1. The van der Waals surface area contributed by atoms with Gasteiger partial charge in [0.05, 0.1) is 12.1 Å². The Morgan fingerprint density at radius 2 is 2.20 bits per heavy atom. The van der Waals surface area contributed by atoms with E-state index in [9.17, 15) is 19.1 Å². The maximum atomic E-state index is 13.3. The molecule has 0 saturated carbocycles. The van der Waals surface area contributed by atoms with Crippen molar-refractivity contribution in [1.29, 1.82) is 0 Å². The molecule has 158 valence electrons. The zero-order valence-electron chi connectivity index (χ0n) is 16.6. The maximum absolute atomic E-state index is 13.3. The third kappa shape index (κ3) is 3.19. The van der Waals surface area contributed by atoms with E-state index in [2.05, 4.69) is 20.2 Å². The summed E-state index contributed by atoms with van der Waals surface area (Å²) >= 11 is 0. The minimum absolute atomic E-state index is 0.167. The highest BCUT2D eigenvalue weighted by atomic mass is 19.1. The number of pyridine rings is 1. The number of carbonyl (C=O) groups excluding carboxylic acids is 2. The van der Waals surface area contributed by atoms with Crippen LogP contribution in [0.5, 0.6) is 0 Å².